The molecule has 0 saturated carbocycles. The molecule has 0 spiro atoms. The third kappa shape index (κ3) is 4.42. The molecule has 1 aromatic rings. The highest BCUT2D eigenvalue weighted by molar-refractivity contribution is 5.97. The van der Waals surface area contributed by atoms with Crippen LogP contribution in [0.5, 0.6) is 0 Å². The van der Waals surface area contributed by atoms with Crippen LogP contribution in [0.4, 0.5) is 0 Å². The summed E-state index contributed by atoms with van der Waals surface area (Å²) in [5.41, 5.74) is 6.34. The van der Waals surface area contributed by atoms with Gasteiger partial charge < -0.3 is 16.2 Å². The molecule has 2 amide bonds. The van der Waals surface area contributed by atoms with Crippen molar-refractivity contribution in [2.75, 3.05) is 0 Å². The Kier molecular flexibility index (Phi) is 5.05. The van der Waals surface area contributed by atoms with Crippen molar-refractivity contribution < 1.29 is 19.5 Å². The van der Waals surface area contributed by atoms with Gasteiger partial charge in [0.25, 0.3) is 5.91 Å². The van der Waals surface area contributed by atoms with Gasteiger partial charge in [-0.05, 0) is 24.1 Å². The predicted octanol–water partition coefficient (Wildman–Crippen LogP) is 0.307. The lowest BCUT2D eigenvalue weighted by Crippen LogP contribution is -2.43. The van der Waals surface area contributed by atoms with Gasteiger partial charge in [0.2, 0.25) is 5.91 Å². The first-order valence-electron chi connectivity index (χ1n) is 5.85. The summed E-state index contributed by atoms with van der Waals surface area (Å²) >= 11 is 0. The zero-order valence-electron chi connectivity index (χ0n) is 10.6. The van der Waals surface area contributed by atoms with Gasteiger partial charge in [0.05, 0.1) is 6.42 Å². The Morgan fingerprint density at radius 2 is 1.84 bits per heavy atom. The molecule has 0 bridgehead atoms. The van der Waals surface area contributed by atoms with Gasteiger partial charge in [0, 0.05) is 5.56 Å². The molecule has 0 fully saturated rings. The number of amides is 2. The molecule has 0 aliphatic carbocycles. The SMILES string of the molecule is CCc1ccc(C(=O)N[C@@H](CC(N)=O)C(=O)O)cc1. The van der Waals surface area contributed by atoms with E-state index in [-0.39, 0.29) is 0 Å². The maximum Gasteiger partial charge on any atom is 0.326 e. The average Bonchev–Trinajstić information content (AvgIpc) is 2.37. The van der Waals surface area contributed by atoms with Crippen LogP contribution >= 0.6 is 0 Å². The molecule has 0 radical (unpaired) electrons. The second-order valence-electron chi connectivity index (χ2n) is 4.09. The molecule has 0 aliphatic heterocycles. The Labute approximate surface area is 110 Å². The molecule has 4 N–H and O–H groups in total. The van der Waals surface area contributed by atoms with E-state index in [1.54, 1.807) is 24.3 Å². The minimum Gasteiger partial charge on any atom is -0.480 e. The van der Waals surface area contributed by atoms with Crippen LogP contribution < -0.4 is 11.1 Å². The van der Waals surface area contributed by atoms with E-state index in [2.05, 4.69) is 5.32 Å². The number of carboxylic acid groups (broad SMARTS) is 1. The molecule has 1 atom stereocenters. The van der Waals surface area contributed by atoms with Crippen molar-refractivity contribution in [3.05, 3.63) is 35.4 Å². The van der Waals surface area contributed by atoms with Crippen molar-refractivity contribution >= 4 is 17.8 Å². The lowest BCUT2D eigenvalue weighted by Gasteiger charge is -2.12. The number of carbonyl (C=O) groups excluding carboxylic acids is 2. The number of nitrogens with two attached hydrogens (primary N) is 1. The summed E-state index contributed by atoms with van der Waals surface area (Å²) in [7, 11) is 0. The number of aryl methyl sites for hydroxylation is 1. The van der Waals surface area contributed by atoms with Crippen molar-refractivity contribution in [3.63, 3.8) is 0 Å². The number of carbonyl (C=O) groups is 3. The normalized spacial score (nSPS) is 11.6. The van der Waals surface area contributed by atoms with Crippen LogP contribution in [-0.4, -0.2) is 28.9 Å². The number of hydrogen-bond acceptors (Lipinski definition) is 3. The van der Waals surface area contributed by atoms with E-state index in [0.717, 1.165) is 12.0 Å². The molecule has 0 saturated heterocycles. The summed E-state index contributed by atoms with van der Waals surface area (Å²) in [6, 6.07) is 5.49. The maximum absolute atomic E-state index is 11.8. The molecule has 0 aromatic heterocycles. The maximum atomic E-state index is 11.8. The van der Waals surface area contributed by atoms with E-state index >= 15 is 0 Å². The first-order chi connectivity index (χ1) is 8.93. The van der Waals surface area contributed by atoms with Crippen LogP contribution in [0.25, 0.3) is 0 Å². The quantitative estimate of drug-likeness (QED) is 0.686. The summed E-state index contributed by atoms with van der Waals surface area (Å²) in [4.78, 5) is 33.4. The molecule has 0 aliphatic rings. The second kappa shape index (κ2) is 6.53. The Hall–Kier alpha value is -2.37. The summed E-state index contributed by atoms with van der Waals surface area (Å²) in [6.07, 6.45) is 0.412. The van der Waals surface area contributed by atoms with Gasteiger partial charge in [-0.15, -0.1) is 0 Å². The smallest absolute Gasteiger partial charge is 0.326 e. The van der Waals surface area contributed by atoms with Gasteiger partial charge >= 0.3 is 5.97 Å². The molecular formula is C13H16N2O4. The predicted molar refractivity (Wildman–Crippen MR) is 68.5 cm³/mol. The van der Waals surface area contributed by atoms with Gasteiger partial charge in [-0.25, -0.2) is 4.79 Å². The molecule has 6 nitrogen and oxygen atoms in total. The van der Waals surface area contributed by atoms with E-state index in [1.165, 1.54) is 0 Å². The standard InChI is InChI=1S/C13H16N2O4/c1-2-8-3-5-9(6-4-8)12(17)15-10(13(18)19)7-11(14)16/h3-6,10H,2,7H2,1H3,(H2,14,16)(H,15,17)(H,18,19)/t10-/m0/s1. The van der Waals surface area contributed by atoms with Crippen LogP contribution in [0.2, 0.25) is 0 Å². The molecule has 0 unspecified atom stereocenters. The lowest BCUT2D eigenvalue weighted by molar-refractivity contribution is -0.140. The number of nitrogens with one attached hydrogen (secondary N) is 1. The molecule has 6 heteroatoms. The molecule has 1 rings (SSSR count). The van der Waals surface area contributed by atoms with E-state index in [1.807, 2.05) is 6.92 Å². The number of carboxylic acids is 1. The largest absolute Gasteiger partial charge is 0.480 e. The van der Waals surface area contributed by atoms with Crippen molar-refractivity contribution in [2.45, 2.75) is 25.8 Å². The minimum atomic E-state index is -1.31. The summed E-state index contributed by atoms with van der Waals surface area (Å²) in [5, 5.41) is 11.1. The molecular weight excluding hydrogens is 248 g/mol. The zero-order valence-corrected chi connectivity index (χ0v) is 10.6. The fraction of sp³-hybridized carbons (Fsp3) is 0.308. The number of benzene rings is 1. The number of primary amides is 1. The fourth-order valence-corrected chi connectivity index (χ4v) is 1.53. The zero-order chi connectivity index (χ0) is 14.4. The monoisotopic (exact) mass is 264 g/mol. The highest BCUT2D eigenvalue weighted by Gasteiger charge is 2.22. The second-order valence-corrected chi connectivity index (χ2v) is 4.09. The van der Waals surface area contributed by atoms with Crippen molar-refractivity contribution in [1.82, 2.24) is 5.32 Å². The number of aliphatic carboxylic acids is 1. The lowest BCUT2D eigenvalue weighted by atomic mass is 10.1. The van der Waals surface area contributed by atoms with Crippen molar-refractivity contribution in [2.24, 2.45) is 5.73 Å². The van der Waals surface area contributed by atoms with Crippen LogP contribution in [0.1, 0.15) is 29.3 Å². The summed E-state index contributed by atoms with van der Waals surface area (Å²) in [6.45, 7) is 1.99. The molecule has 1 aromatic carbocycles. The van der Waals surface area contributed by atoms with Crippen molar-refractivity contribution in [3.8, 4) is 0 Å². The first-order valence-corrected chi connectivity index (χ1v) is 5.85. The summed E-state index contributed by atoms with van der Waals surface area (Å²) in [5.74, 6) is -2.62. The Morgan fingerprint density at radius 1 is 1.26 bits per heavy atom. The Balaban J connectivity index is 2.75. The first kappa shape index (κ1) is 14.7. The van der Waals surface area contributed by atoms with E-state index < -0.39 is 30.2 Å². The third-order valence-corrected chi connectivity index (χ3v) is 2.63. The molecule has 19 heavy (non-hydrogen) atoms. The minimum absolute atomic E-state index is 0.341. The van der Waals surface area contributed by atoms with Gasteiger partial charge in [0.1, 0.15) is 6.04 Å². The topological polar surface area (TPSA) is 109 Å². The highest BCUT2D eigenvalue weighted by Crippen LogP contribution is 2.06. The van der Waals surface area contributed by atoms with Gasteiger partial charge in [0.15, 0.2) is 0 Å². The number of rotatable bonds is 6. The Morgan fingerprint density at radius 3 is 2.26 bits per heavy atom. The van der Waals surface area contributed by atoms with Crippen LogP contribution in [0.15, 0.2) is 24.3 Å². The van der Waals surface area contributed by atoms with Crippen LogP contribution in [0, 0.1) is 0 Å². The highest BCUT2D eigenvalue weighted by atomic mass is 16.4. The molecule has 102 valence electrons. The fourth-order valence-electron chi connectivity index (χ4n) is 1.53. The van der Waals surface area contributed by atoms with Crippen LogP contribution in [0.3, 0.4) is 0 Å². The van der Waals surface area contributed by atoms with Gasteiger partial charge in [-0.3, -0.25) is 9.59 Å². The molecule has 0 heterocycles. The van der Waals surface area contributed by atoms with Crippen molar-refractivity contribution in [1.29, 1.82) is 0 Å². The van der Waals surface area contributed by atoms with E-state index in [0.29, 0.717) is 5.56 Å². The van der Waals surface area contributed by atoms with E-state index in [9.17, 15) is 14.4 Å². The number of hydrogen-bond donors (Lipinski definition) is 3. The van der Waals surface area contributed by atoms with Gasteiger partial charge in [-0.1, -0.05) is 19.1 Å². The summed E-state index contributed by atoms with van der Waals surface area (Å²) < 4.78 is 0. The third-order valence-electron chi connectivity index (χ3n) is 2.63. The Bertz CT molecular complexity index is 482. The van der Waals surface area contributed by atoms with Gasteiger partial charge in [-0.2, -0.15) is 0 Å². The average molecular weight is 264 g/mol. The van der Waals surface area contributed by atoms with Crippen LogP contribution in [-0.2, 0) is 16.0 Å². The van der Waals surface area contributed by atoms with E-state index in [4.69, 9.17) is 10.8 Å².